The van der Waals surface area contributed by atoms with E-state index in [-0.39, 0.29) is 10.1 Å². The van der Waals surface area contributed by atoms with Crippen LogP contribution >= 0.6 is 0 Å². The molecule has 42 heavy (non-hydrogen) atoms. The average Bonchev–Trinajstić information content (AvgIpc) is 2.99. The van der Waals surface area contributed by atoms with Crippen LogP contribution in [0.15, 0.2) is 134 Å². The van der Waals surface area contributed by atoms with E-state index in [4.69, 9.17) is 13.8 Å². The predicted molar refractivity (Wildman–Crippen MR) is 179 cm³/mol. The molecule has 0 amide bonds. The molecule has 0 saturated heterocycles. The Hall–Kier alpha value is -4.01. The van der Waals surface area contributed by atoms with Gasteiger partial charge in [-0.1, -0.05) is 163 Å². The van der Waals surface area contributed by atoms with Crippen molar-refractivity contribution in [3.63, 3.8) is 0 Å². The molecular weight excluding hydrogens is 549 g/mol. The molecule has 0 spiro atoms. The van der Waals surface area contributed by atoms with Gasteiger partial charge in [-0.25, -0.2) is 4.98 Å². The van der Waals surface area contributed by atoms with Gasteiger partial charge in [0.05, 0.1) is 0 Å². The van der Waals surface area contributed by atoms with E-state index in [2.05, 4.69) is 156 Å². The zero-order valence-corrected chi connectivity index (χ0v) is 27.4. The van der Waals surface area contributed by atoms with Gasteiger partial charge in [0.15, 0.2) is 0 Å². The van der Waals surface area contributed by atoms with Crippen molar-refractivity contribution in [1.82, 2.24) is 9.97 Å². The van der Waals surface area contributed by atoms with Crippen molar-refractivity contribution in [3.05, 3.63) is 134 Å². The second-order valence-electron chi connectivity index (χ2n) is 12.7. The fourth-order valence-corrected chi connectivity index (χ4v) is 14.7. The van der Waals surface area contributed by atoms with Gasteiger partial charge in [-0.05, 0) is 30.8 Å². The highest BCUT2D eigenvalue weighted by molar-refractivity contribution is 7.00. The minimum Gasteiger partial charge on any atom is -0.521 e. The second-order valence-corrected chi connectivity index (χ2v) is 21.2. The SMILES string of the molecule is CC(C)(C)[Si](Oc1ccnc(O[Si](c2ccccc2)(c2ccccc2)C(C)(C)C)n1)(c1ccccc1)c1ccccc1. The predicted octanol–water partition coefficient (Wildman–Crippen LogP) is 6.35. The van der Waals surface area contributed by atoms with Crippen molar-refractivity contribution in [2.45, 2.75) is 51.6 Å². The van der Waals surface area contributed by atoms with Gasteiger partial charge in [0, 0.05) is 12.3 Å². The molecule has 6 heteroatoms. The number of hydrogen-bond acceptors (Lipinski definition) is 4. The first-order chi connectivity index (χ1) is 20.1. The maximum atomic E-state index is 7.21. The van der Waals surface area contributed by atoms with E-state index < -0.39 is 16.6 Å². The average molecular weight is 589 g/mol. The molecule has 0 aliphatic heterocycles. The Morgan fingerprint density at radius 2 is 0.786 bits per heavy atom. The van der Waals surface area contributed by atoms with Crippen LogP contribution in [0, 0.1) is 0 Å². The second kappa shape index (κ2) is 11.7. The topological polar surface area (TPSA) is 44.2 Å². The zero-order valence-electron chi connectivity index (χ0n) is 25.4. The van der Waals surface area contributed by atoms with Gasteiger partial charge in [0.25, 0.3) is 0 Å². The quantitative estimate of drug-likeness (QED) is 0.198. The van der Waals surface area contributed by atoms with E-state index in [0.717, 1.165) is 0 Å². The summed E-state index contributed by atoms with van der Waals surface area (Å²) in [5.41, 5.74) is 0. The molecule has 0 N–H and O–H groups in total. The monoisotopic (exact) mass is 588 g/mol. The van der Waals surface area contributed by atoms with Gasteiger partial charge < -0.3 is 8.85 Å². The highest BCUT2D eigenvalue weighted by Crippen LogP contribution is 2.39. The molecule has 4 aromatic carbocycles. The summed E-state index contributed by atoms with van der Waals surface area (Å²) in [6.07, 6.45) is 1.76. The Labute approximate surface area is 252 Å². The number of hydrogen-bond donors (Lipinski definition) is 0. The Kier molecular flexibility index (Phi) is 8.22. The Morgan fingerprint density at radius 3 is 1.12 bits per heavy atom. The van der Waals surface area contributed by atoms with Gasteiger partial charge in [-0.3, -0.25) is 0 Å². The minimum atomic E-state index is -2.91. The molecule has 1 heterocycles. The molecule has 0 radical (unpaired) electrons. The van der Waals surface area contributed by atoms with E-state index in [9.17, 15) is 0 Å². The van der Waals surface area contributed by atoms with Crippen LogP contribution in [0.5, 0.6) is 11.9 Å². The summed E-state index contributed by atoms with van der Waals surface area (Å²) < 4.78 is 14.4. The third-order valence-electron chi connectivity index (χ3n) is 7.94. The van der Waals surface area contributed by atoms with Crippen molar-refractivity contribution < 1.29 is 8.85 Å². The van der Waals surface area contributed by atoms with Crippen LogP contribution in [0.4, 0.5) is 0 Å². The molecule has 5 rings (SSSR count). The summed E-state index contributed by atoms with van der Waals surface area (Å²) in [7, 11) is -5.78. The first kappa shape index (κ1) is 29.5. The van der Waals surface area contributed by atoms with Gasteiger partial charge in [-0.15, -0.1) is 0 Å². The maximum Gasteiger partial charge on any atom is 0.324 e. The first-order valence-electron chi connectivity index (χ1n) is 14.5. The van der Waals surface area contributed by atoms with Gasteiger partial charge >= 0.3 is 22.6 Å². The van der Waals surface area contributed by atoms with E-state index in [1.807, 2.05) is 18.2 Å². The van der Waals surface area contributed by atoms with Crippen molar-refractivity contribution >= 4 is 37.4 Å². The van der Waals surface area contributed by atoms with E-state index in [1.54, 1.807) is 6.20 Å². The molecule has 0 aliphatic carbocycles. The van der Waals surface area contributed by atoms with Crippen molar-refractivity contribution in [2.24, 2.45) is 0 Å². The lowest BCUT2D eigenvalue weighted by atomic mass is 10.2. The number of rotatable bonds is 8. The van der Waals surface area contributed by atoms with Crippen LogP contribution in [0.3, 0.4) is 0 Å². The molecule has 0 atom stereocenters. The zero-order chi connectivity index (χ0) is 29.8. The summed E-state index contributed by atoms with van der Waals surface area (Å²) in [5, 5.41) is 4.32. The van der Waals surface area contributed by atoms with Gasteiger partial charge in [-0.2, -0.15) is 4.98 Å². The smallest absolute Gasteiger partial charge is 0.324 e. The third kappa shape index (κ3) is 5.44. The summed E-state index contributed by atoms with van der Waals surface area (Å²) in [4.78, 5) is 9.65. The lowest BCUT2D eigenvalue weighted by Crippen LogP contribution is -2.69. The molecule has 4 nitrogen and oxygen atoms in total. The molecule has 0 saturated carbocycles. The normalized spacial score (nSPS) is 12.5. The molecule has 1 aromatic heterocycles. The van der Waals surface area contributed by atoms with Crippen LogP contribution in [0.1, 0.15) is 41.5 Å². The number of benzene rings is 4. The fourth-order valence-electron chi connectivity index (χ4n) is 6.02. The van der Waals surface area contributed by atoms with Crippen LogP contribution < -0.4 is 29.6 Å². The first-order valence-corrected chi connectivity index (χ1v) is 18.3. The summed E-state index contributed by atoms with van der Waals surface area (Å²) in [6.45, 7) is 13.5. The van der Waals surface area contributed by atoms with Crippen molar-refractivity contribution in [1.29, 1.82) is 0 Å². The molecule has 0 unspecified atom stereocenters. The molecule has 5 aromatic rings. The summed E-state index contributed by atoms with van der Waals surface area (Å²) in [5.74, 6) is 0.521. The van der Waals surface area contributed by atoms with E-state index in [1.165, 1.54) is 20.7 Å². The number of aromatic nitrogens is 2. The van der Waals surface area contributed by atoms with E-state index in [0.29, 0.717) is 11.9 Å². The number of nitrogens with zero attached hydrogens (tertiary/aromatic N) is 2. The van der Waals surface area contributed by atoms with Crippen LogP contribution in [0.25, 0.3) is 0 Å². The Balaban J connectivity index is 1.66. The van der Waals surface area contributed by atoms with Crippen LogP contribution in [-0.4, -0.2) is 26.6 Å². The fraction of sp³-hybridized carbons (Fsp3) is 0.222. The standard InChI is InChI=1S/C36H40N2O2Si2/c1-35(2,3)41(29-19-11-7-12-20-29,30-21-13-8-14-22-30)39-33-27-28-37-34(38-33)40-42(36(4,5)6,31-23-15-9-16-24-31)32-25-17-10-18-26-32/h7-28H,1-6H3. The van der Waals surface area contributed by atoms with Gasteiger partial charge in [0.1, 0.15) is 0 Å². The molecule has 0 aliphatic rings. The molecule has 0 bridgehead atoms. The molecule has 0 fully saturated rings. The summed E-state index contributed by atoms with van der Waals surface area (Å²) >= 11 is 0. The third-order valence-corrected chi connectivity index (χ3v) is 17.8. The molecule has 214 valence electrons. The summed E-state index contributed by atoms with van der Waals surface area (Å²) in [6, 6.07) is 44.5. The van der Waals surface area contributed by atoms with Gasteiger partial charge in [0.2, 0.25) is 5.88 Å². The lowest BCUT2D eigenvalue weighted by Gasteiger charge is -2.43. The minimum absolute atomic E-state index is 0.195. The Bertz CT molecular complexity index is 1390. The highest BCUT2D eigenvalue weighted by Gasteiger charge is 2.54. The van der Waals surface area contributed by atoms with Crippen molar-refractivity contribution in [2.75, 3.05) is 0 Å². The van der Waals surface area contributed by atoms with Crippen molar-refractivity contribution in [3.8, 4) is 11.9 Å². The highest BCUT2D eigenvalue weighted by atomic mass is 28.4. The Morgan fingerprint density at radius 1 is 0.452 bits per heavy atom. The van der Waals surface area contributed by atoms with Crippen LogP contribution in [0.2, 0.25) is 10.1 Å². The molecular formula is C36H40N2O2Si2. The lowest BCUT2D eigenvalue weighted by molar-refractivity contribution is 0.445. The van der Waals surface area contributed by atoms with Crippen LogP contribution in [-0.2, 0) is 0 Å². The van der Waals surface area contributed by atoms with E-state index >= 15 is 0 Å². The largest absolute Gasteiger partial charge is 0.521 e. The maximum absolute atomic E-state index is 7.21.